The molecule has 0 aliphatic rings. The zero-order valence-electron chi connectivity index (χ0n) is 12.2. The van der Waals surface area contributed by atoms with E-state index < -0.39 is 0 Å². The molecule has 1 nitrogen and oxygen atoms in total. The molecule has 100 valence electrons. The Hall–Kier alpha value is -2.28. The Balaban J connectivity index is 2.30. The van der Waals surface area contributed by atoms with E-state index in [4.69, 9.17) is 0 Å². The molecule has 3 aromatic rings. The first-order valence-corrected chi connectivity index (χ1v) is 6.93. The molecule has 0 saturated heterocycles. The highest BCUT2D eigenvalue weighted by Crippen LogP contribution is 2.33. The van der Waals surface area contributed by atoms with Crippen molar-refractivity contribution < 1.29 is 0 Å². The summed E-state index contributed by atoms with van der Waals surface area (Å²) in [5.74, 6) is 0. The first-order valence-electron chi connectivity index (χ1n) is 6.93. The number of benzene rings is 3. The van der Waals surface area contributed by atoms with Gasteiger partial charge in [0.15, 0.2) is 0 Å². The van der Waals surface area contributed by atoms with E-state index in [1.165, 1.54) is 33.2 Å². The average molecular weight is 261 g/mol. The normalized spacial score (nSPS) is 10.8. The fraction of sp³-hybridized carbons (Fsp3) is 0.158. The third-order valence-electron chi connectivity index (χ3n) is 3.78. The number of hydrogen-bond donors (Lipinski definition) is 0. The van der Waals surface area contributed by atoms with Crippen LogP contribution in [0.2, 0.25) is 0 Å². The molecule has 0 radical (unpaired) electrons. The van der Waals surface area contributed by atoms with Crippen LogP contribution in [0.3, 0.4) is 0 Å². The third-order valence-corrected chi connectivity index (χ3v) is 3.78. The van der Waals surface area contributed by atoms with E-state index in [2.05, 4.69) is 86.6 Å². The molecular formula is C19H19N. The van der Waals surface area contributed by atoms with Crippen molar-refractivity contribution in [3.05, 3.63) is 66.2 Å². The van der Waals surface area contributed by atoms with Gasteiger partial charge in [-0.1, -0.05) is 48.5 Å². The van der Waals surface area contributed by atoms with Gasteiger partial charge in [0, 0.05) is 25.2 Å². The summed E-state index contributed by atoms with van der Waals surface area (Å²) < 4.78 is 0. The molecule has 0 N–H and O–H groups in total. The zero-order chi connectivity index (χ0) is 14.1. The standard InChI is InChI=1S/C19H19N/c1-14-8-4-6-10-17(14)16-12-15-9-5-7-11-18(15)19(13-16)20(2)3/h4-13H,1-3H3. The van der Waals surface area contributed by atoms with Crippen molar-refractivity contribution in [2.45, 2.75) is 6.92 Å². The van der Waals surface area contributed by atoms with Crippen LogP contribution in [0.15, 0.2) is 60.7 Å². The minimum absolute atomic E-state index is 1.27. The second-order valence-corrected chi connectivity index (χ2v) is 5.43. The Morgan fingerprint density at radius 3 is 2.25 bits per heavy atom. The van der Waals surface area contributed by atoms with Gasteiger partial charge in [0.05, 0.1) is 0 Å². The summed E-state index contributed by atoms with van der Waals surface area (Å²) in [5, 5.41) is 2.59. The highest BCUT2D eigenvalue weighted by molar-refractivity contribution is 5.98. The molecule has 0 aliphatic heterocycles. The molecule has 0 heterocycles. The second kappa shape index (κ2) is 5.01. The van der Waals surface area contributed by atoms with Gasteiger partial charge in [0.1, 0.15) is 0 Å². The Kier molecular flexibility index (Phi) is 3.19. The van der Waals surface area contributed by atoms with Gasteiger partial charge in [0.2, 0.25) is 0 Å². The second-order valence-electron chi connectivity index (χ2n) is 5.43. The van der Waals surface area contributed by atoms with Gasteiger partial charge in [-0.2, -0.15) is 0 Å². The lowest BCUT2D eigenvalue weighted by Gasteiger charge is -2.18. The molecular weight excluding hydrogens is 242 g/mol. The molecule has 1 heteroatoms. The predicted octanol–water partition coefficient (Wildman–Crippen LogP) is 4.88. The zero-order valence-corrected chi connectivity index (χ0v) is 12.2. The first-order chi connectivity index (χ1) is 9.66. The van der Waals surface area contributed by atoms with Gasteiger partial charge in [-0.05, 0) is 41.1 Å². The topological polar surface area (TPSA) is 3.24 Å². The number of aryl methyl sites for hydroxylation is 1. The van der Waals surface area contributed by atoms with Crippen molar-refractivity contribution in [2.75, 3.05) is 19.0 Å². The van der Waals surface area contributed by atoms with E-state index in [0.717, 1.165) is 0 Å². The number of fused-ring (bicyclic) bond motifs is 1. The minimum atomic E-state index is 1.27. The largest absolute Gasteiger partial charge is 0.377 e. The van der Waals surface area contributed by atoms with E-state index in [9.17, 15) is 0 Å². The number of anilines is 1. The molecule has 0 fully saturated rings. The van der Waals surface area contributed by atoms with Crippen molar-refractivity contribution in [1.82, 2.24) is 0 Å². The SMILES string of the molecule is Cc1ccccc1-c1cc(N(C)C)c2ccccc2c1. The first kappa shape index (κ1) is 12.7. The van der Waals surface area contributed by atoms with E-state index >= 15 is 0 Å². The Morgan fingerprint density at radius 1 is 0.800 bits per heavy atom. The van der Waals surface area contributed by atoms with Crippen LogP contribution in [0.1, 0.15) is 5.56 Å². The van der Waals surface area contributed by atoms with Crippen LogP contribution in [-0.4, -0.2) is 14.1 Å². The smallest absolute Gasteiger partial charge is 0.0446 e. The van der Waals surface area contributed by atoms with Gasteiger partial charge in [-0.25, -0.2) is 0 Å². The van der Waals surface area contributed by atoms with Crippen molar-refractivity contribution in [2.24, 2.45) is 0 Å². The molecule has 0 saturated carbocycles. The van der Waals surface area contributed by atoms with Gasteiger partial charge < -0.3 is 4.90 Å². The number of rotatable bonds is 2. The van der Waals surface area contributed by atoms with E-state index in [1.54, 1.807) is 0 Å². The maximum absolute atomic E-state index is 2.28. The van der Waals surface area contributed by atoms with Gasteiger partial charge in [0.25, 0.3) is 0 Å². The highest BCUT2D eigenvalue weighted by Gasteiger charge is 2.08. The third kappa shape index (κ3) is 2.16. The summed E-state index contributed by atoms with van der Waals surface area (Å²) in [7, 11) is 4.20. The van der Waals surface area contributed by atoms with Crippen LogP contribution in [0.25, 0.3) is 21.9 Å². The van der Waals surface area contributed by atoms with Gasteiger partial charge in [-0.15, -0.1) is 0 Å². The van der Waals surface area contributed by atoms with E-state index in [1.807, 2.05) is 0 Å². The van der Waals surface area contributed by atoms with Crippen LogP contribution in [0, 0.1) is 6.92 Å². The summed E-state index contributed by atoms with van der Waals surface area (Å²) in [6.07, 6.45) is 0. The molecule has 0 aliphatic carbocycles. The predicted molar refractivity (Wildman–Crippen MR) is 88.4 cm³/mol. The van der Waals surface area contributed by atoms with Crippen LogP contribution < -0.4 is 4.90 Å². The van der Waals surface area contributed by atoms with Crippen molar-refractivity contribution in [3.63, 3.8) is 0 Å². The molecule has 0 unspecified atom stereocenters. The molecule has 0 atom stereocenters. The molecule has 20 heavy (non-hydrogen) atoms. The number of nitrogens with zero attached hydrogens (tertiary/aromatic N) is 1. The van der Waals surface area contributed by atoms with Crippen LogP contribution in [-0.2, 0) is 0 Å². The molecule has 0 aromatic heterocycles. The summed E-state index contributed by atoms with van der Waals surface area (Å²) in [5.41, 5.74) is 5.17. The summed E-state index contributed by atoms with van der Waals surface area (Å²) >= 11 is 0. The lowest BCUT2D eigenvalue weighted by atomic mass is 9.96. The Bertz CT molecular complexity index is 757. The van der Waals surface area contributed by atoms with Crippen LogP contribution in [0.4, 0.5) is 5.69 Å². The molecule has 0 spiro atoms. The molecule has 3 rings (SSSR count). The summed E-state index contributed by atoms with van der Waals surface area (Å²) in [4.78, 5) is 2.18. The fourth-order valence-electron chi connectivity index (χ4n) is 2.71. The molecule has 3 aromatic carbocycles. The van der Waals surface area contributed by atoms with E-state index in [-0.39, 0.29) is 0 Å². The van der Waals surface area contributed by atoms with E-state index in [0.29, 0.717) is 0 Å². The Labute approximate surface area is 120 Å². The van der Waals surface area contributed by atoms with Gasteiger partial charge in [-0.3, -0.25) is 0 Å². The summed E-state index contributed by atoms with van der Waals surface area (Å²) in [6, 6.07) is 21.7. The number of hydrogen-bond acceptors (Lipinski definition) is 1. The van der Waals surface area contributed by atoms with Crippen LogP contribution >= 0.6 is 0 Å². The maximum Gasteiger partial charge on any atom is 0.0446 e. The fourth-order valence-corrected chi connectivity index (χ4v) is 2.71. The monoisotopic (exact) mass is 261 g/mol. The summed E-state index contributed by atoms with van der Waals surface area (Å²) in [6.45, 7) is 2.17. The Morgan fingerprint density at radius 2 is 1.50 bits per heavy atom. The molecule has 0 bridgehead atoms. The van der Waals surface area contributed by atoms with Crippen molar-refractivity contribution in [3.8, 4) is 11.1 Å². The maximum atomic E-state index is 2.28. The quantitative estimate of drug-likeness (QED) is 0.635. The average Bonchev–Trinajstić information content (AvgIpc) is 2.46. The lowest BCUT2D eigenvalue weighted by Crippen LogP contribution is -2.09. The van der Waals surface area contributed by atoms with Gasteiger partial charge >= 0.3 is 0 Å². The van der Waals surface area contributed by atoms with Crippen LogP contribution in [0.5, 0.6) is 0 Å². The molecule has 0 amide bonds. The lowest BCUT2D eigenvalue weighted by molar-refractivity contribution is 1.14. The van der Waals surface area contributed by atoms with Crippen molar-refractivity contribution in [1.29, 1.82) is 0 Å². The van der Waals surface area contributed by atoms with Crippen molar-refractivity contribution >= 4 is 16.5 Å². The minimum Gasteiger partial charge on any atom is -0.377 e. The highest BCUT2D eigenvalue weighted by atomic mass is 15.1.